The normalized spacial score (nSPS) is 12.0. The van der Waals surface area contributed by atoms with Crippen LogP contribution in [-0.2, 0) is 12.8 Å². The van der Waals surface area contributed by atoms with Crippen LogP contribution in [0, 0.1) is 25.2 Å². The van der Waals surface area contributed by atoms with Gasteiger partial charge in [0, 0.05) is 6.42 Å². The van der Waals surface area contributed by atoms with Gasteiger partial charge < -0.3 is 0 Å². The lowest BCUT2D eigenvalue weighted by Crippen LogP contribution is -2.11. The molecule has 0 spiro atoms. The maximum Gasteiger partial charge on any atom is 0.0991 e. The van der Waals surface area contributed by atoms with Crippen LogP contribution in [0.2, 0.25) is 0 Å². The van der Waals surface area contributed by atoms with Crippen molar-refractivity contribution in [3.8, 4) is 17.2 Å². The van der Waals surface area contributed by atoms with E-state index in [1.807, 2.05) is 49.4 Å². The van der Waals surface area contributed by atoms with Gasteiger partial charge in [-0.05, 0) is 84.3 Å². The molecule has 3 aromatic rings. The van der Waals surface area contributed by atoms with E-state index in [1.165, 1.54) is 16.7 Å². The van der Waals surface area contributed by atoms with Gasteiger partial charge in [0.2, 0.25) is 0 Å². The lowest BCUT2D eigenvalue weighted by molar-refractivity contribution is 0.906. The average molecular weight is 485 g/mol. The number of nitriles is 1. The third kappa shape index (κ3) is 7.15. The molecule has 0 aliphatic heterocycles. The standard InChI is InChI=1S/C35H36N2/c1-7-10-12-29(9-3)27(6)37-35(23-33-17-13-25(4)21-31(33)11-8-2)34-22-32(18-14-26(34)5)30-19-15-28(24-36)16-20-30/h7,9-10,12-22H,3,6,8,11,23H2,1-2,4-5H3/b10-7-,29-12+,37-35?. The largest absolute Gasteiger partial charge is 0.252 e. The van der Waals surface area contributed by atoms with Crippen LogP contribution in [0.15, 0.2) is 114 Å². The van der Waals surface area contributed by atoms with Gasteiger partial charge in [0.15, 0.2) is 0 Å². The summed E-state index contributed by atoms with van der Waals surface area (Å²) in [5.74, 6) is 0. The molecule has 0 saturated carbocycles. The fourth-order valence-electron chi connectivity index (χ4n) is 4.36. The Bertz CT molecular complexity index is 1410. The highest BCUT2D eigenvalue weighted by molar-refractivity contribution is 6.04. The molecule has 0 atom stereocenters. The zero-order valence-corrected chi connectivity index (χ0v) is 22.5. The third-order valence-electron chi connectivity index (χ3n) is 6.43. The number of rotatable bonds is 10. The molecule has 0 bridgehead atoms. The zero-order valence-electron chi connectivity index (χ0n) is 22.5. The molecule has 0 unspecified atom stereocenters. The molecule has 0 N–H and O–H groups in total. The first kappa shape index (κ1) is 27.4. The Hall–Kier alpha value is -4.22. The van der Waals surface area contributed by atoms with E-state index in [9.17, 15) is 5.26 Å². The van der Waals surface area contributed by atoms with Crippen molar-refractivity contribution in [2.24, 2.45) is 4.99 Å². The Morgan fingerprint density at radius 2 is 1.70 bits per heavy atom. The molecular formula is C35H36N2. The van der Waals surface area contributed by atoms with Crippen molar-refractivity contribution < 1.29 is 0 Å². The van der Waals surface area contributed by atoms with Gasteiger partial charge in [-0.25, -0.2) is 0 Å². The molecule has 186 valence electrons. The monoisotopic (exact) mass is 484 g/mol. The van der Waals surface area contributed by atoms with Crippen molar-refractivity contribution in [3.05, 3.63) is 143 Å². The predicted molar refractivity (Wildman–Crippen MR) is 159 cm³/mol. The van der Waals surface area contributed by atoms with E-state index in [4.69, 9.17) is 4.99 Å². The highest BCUT2D eigenvalue weighted by atomic mass is 14.8. The van der Waals surface area contributed by atoms with E-state index in [1.54, 1.807) is 6.08 Å². The third-order valence-corrected chi connectivity index (χ3v) is 6.43. The summed E-state index contributed by atoms with van der Waals surface area (Å²) in [7, 11) is 0. The lowest BCUT2D eigenvalue weighted by Gasteiger charge is -2.16. The van der Waals surface area contributed by atoms with Crippen molar-refractivity contribution in [2.75, 3.05) is 0 Å². The molecule has 37 heavy (non-hydrogen) atoms. The maximum absolute atomic E-state index is 9.18. The number of nitrogens with zero attached hydrogens (tertiary/aromatic N) is 2. The molecule has 0 heterocycles. The first-order valence-corrected chi connectivity index (χ1v) is 12.8. The van der Waals surface area contributed by atoms with Crippen LogP contribution in [0.4, 0.5) is 0 Å². The van der Waals surface area contributed by atoms with E-state index in [-0.39, 0.29) is 0 Å². The Morgan fingerprint density at radius 3 is 2.35 bits per heavy atom. The summed E-state index contributed by atoms with van der Waals surface area (Å²) < 4.78 is 0. The van der Waals surface area contributed by atoms with E-state index in [0.29, 0.717) is 17.7 Å². The molecule has 3 rings (SSSR count). The van der Waals surface area contributed by atoms with E-state index in [2.05, 4.69) is 76.4 Å². The SMILES string of the molecule is C=C/C(=C\C=C/C)C(=C)N=C(Cc1ccc(C)cc1CCC)c1cc(-c2ccc(C#N)cc2)ccc1C. The van der Waals surface area contributed by atoms with Crippen LogP contribution in [-0.4, -0.2) is 5.71 Å². The number of aryl methyl sites for hydroxylation is 3. The molecule has 0 aromatic heterocycles. The fraction of sp³-hybridized carbons (Fsp3) is 0.200. The first-order valence-electron chi connectivity index (χ1n) is 12.8. The highest BCUT2D eigenvalue weighted by Crippen LogP contribution is 2.26. The van der Waals surface area contributed by atoms with Crippen LogP contribution in [0.3, 0.4) is 0 Å². The summed E-state index contributed by atoms with van der Waals surface area (Å²) >= 11 is 0. The molecule has 0 saturated heterocycles. The van der Waals surface area contributed by atoms with Gasteiger partial charge in [-0.1, -0.05) is 98.8 Å². The average Bonchev–Trinajstić information content (AvgIpc) is 2.90. The van der Waals surface area contributed by atoms with Gasteiger partial charge >= 0.3 is 0 Å². The van der Waals surface area contributed by atoms with Gasteiger partial charge in [0.25, 0.3) is 0 Å². The van der Waals surface area contributed by atoms with Crippen LogP contribution < -0.4 is 0 Å². The predicted octanol–water partition coefficient (Wildman–Crippen LogP) is 9.03. The Morgan fingerprint density at radius 1 is 0.973 bits per heavy atom. The van der Waals surface area contributed by atoms with Gasteiger partial charge in [-0.2, -0.15) is 5.26 Å². The van der Waals surface area contributed by atoms with Gasteiger partial charge in [0.1, 0.15) is 0 Å². The second-order valence-electron chi connectivity index (χ2n) is 9.27. The second kappa shape index (κ2) is 13.2. The van der Waals surface area contributed by atoms with E-state index in [0.717, 1.165) is 46.4 Å². The summed E-state index contributed by atoms with van der Waals surface area (Å²) in [6.07, 6.45) is 10.6. The van der Waals surface area contributed by atoms with Crippen molar-refractivity contribution in [1.82, 2.24) is 0 Å². The summed E-state index contributed by atoms with van der Waals surface area (Å²) in [5, 5.41) is 9.18. The van der Waals surface area contributed by atoms with Crippen molar-refractivity contribution >= 4 is 5.71 Å². The summed E-state index contributed by atoms with van der Waals surface area (Å²) in [4.78, 5) is 5.12. The molecule has 3 aromatic carbocycles. The Labute approximate surface area is 222 Å². The number of hydrogen-bond acceptors (Lipinski definition) is 2. The van der Waals surface area contributed by atoms with Crippen LogP contribution in [0.1, 0.15) is 53.6 Å². The molecule has 0 aliphatic rings. The first-order chi connectivity index (χ1) is 17.9. The smallest absolute Gasteiger partial charge is 0.0991 e. The van der Waals surface area contributed by atoms with Gasteiger partial charge in [-0.15, -0.1) is 0 Å². The molecule has 0 aliphatic carbocycles. The molecule has 2 heteroatoms. The number of allylic oxidation sites excluding steroid dienone is 4. The molecule has 0 fully saturated rings. The molecule has 0 amide bonds. The van der Waals surface area contributed by atoms with Crippen molar-refractivity contribution in [2.45, 2.75) is 47.0 Å². The van der Waals surface area contributed by atoms with E-state index < -0.39 is 0 Å². The maximum atomic E-state index is 9.18. The molecule has 2 nitrogen and oxygen atoms in total. The Balaban J connectivity index is 2.16. The van der Waals surface area contributed by atoms with E-state index >= 15 is 0 Å². The van der Waals surface area contributed by atoms with Crippen molar-refractivity contribution in [1.29, 1.82) is 5.26 Å². The minimum absolute atomic E-state index is 0.655. The molecular weight excluding hydrogens is 448 g/mol. The van der Waals surface area contributed by atoms with Gasteiger partial charge in [0.05, 0.1) is 23.0 Å². The molecule has 0 radical (unpaired) electrons. The van der Waals surface area contributed by atoms with Crippen LogP contribution >= 0.6 is 0 Å². The quantitative estimate of drug-likeness (QED) is 0.209. The minimum Gasteiger partial charge on any atom is -0.252 e. The van der Waals surface area contributed by atoms with Crippen LogP contribution in [0.25, 0.3) is 11.1 Å². The van der Waals surface area contributed by atoms with Crippen molar-refractivity contribution in [3.63, 3.8) is 0 Å². The van der Waals surface area contributed by atoms with Crippen LogP contribution in [0.5, 0.6) is 0 Å². The zero-order chi connectivity index (χ0) is 26.8. The second-order valence-corrected chi connectivity index (χ2v) is 9.27. The topological polar surface area (TPSA) is 36.1 Å². The number of benzene rings is 3. The summed E-state index contributed by atoms with van der Waals surface area (Å²) in [6, 6.07) is 23.1. The summed E-state index contributed by atoms with van der Waals surface area (Å²) in [6.45, 7) is 16.8. The number of hydrogen-bond donors (Lipinski definition) is 0. The fourth-order valence-corrected chi connectivity index (χ4v) is 4.36. The van der Waals surface area contributed by atoms with Gasteiger partial charge in [-0.3, -0.25) is 4.99 Å². The Kier molecular flexibility index (Phi) is 9.76. The lowest BCUT2D eigenvalue weighted by atomic mass is 9.91. The minimum atomic E-state index is 0.655. The number of aliphatic imine (C=N–C) groups is 1. The summed E-state index contributed by atoms with van der Waals surface area (Å²) in [5.41, 5.74) is 11.6. The highest BCUT2D eigenvalue weighted by Gasteiger charge is 2.14.